The van der Waals surface area contributed by atoms with Gasteiger partial charge >= 0.3 is 0 Å². The fourth-order valence-corrected chi connectivity index (χ4v) is 2.25. The molecule has 0 fully saturated rings. The summed E-state index contributed by atoms with van der Waals surface area (Å²) < 4.78 is 1.76. The average molecular weight is 249 g/mol. The highest BCUT2D eigenvalue weighted by Crippen LogP contribution is 2.13. The molecule has 2 N–H and O–H groups in total. The molecule has 0 aliphatic heterocycles. The molecule has 1 heterocycles. The molecule has 0 aliphatic rings. The van der Waals surface area contributed by atoms with Gasteiger partial charge in [-0.2, -0.15) is 16.4 Å². The first-order chi connectivity index (χ1) is 8.27. The van der Waals surface area contributed by atoms with Crippen molar-refractivity contribution in [3.63, 3.8) is 0 Å². The van der Waals surface area contributed by atoms with Crippen LogP contribution in [0.4, 0.5) is 0 Å². The first-order valence-corrected chi connectivity index (χ1v) is 6.59. The lowest BCUT2D eigenvalue weighted by molar-refractivity contribution is 0.777. The van der Waals surface area contributed by atoms with Crippen LogP contribution in [0.1, 0.15) is 12.7 Å². The Morgan fingerprint density at radius 3 is 2.82 bits per heavy atom. The Morgan fingerprint density at radius 2 is 2.12 bits per heavy atom. The molecule has 0 saturated heterocycles. The van der Waals surface area contributed by atoms with Gasteiger partial charge in [0.15, 0.2) is 5.82 Å². The Balaban J connectivity index is 2.07. The minimum absolute atomic E-state index is 0.195. The molecule has 0 spiro atoms. The molecule has 0 bridgehead atoms. The molecule has 0 radical (unpaired) electrons. The highest BCUT2D eigenvalue weighted by molar-refractivity contribution is 7.98. The van der Waals surface area contributed by atoms with E-state index in [2.05, 4.69) is 15.5 Å². The van der Waals surface area contributed by atoms with E-state index in [0.29, 0.717) is 0 Å². The van der Waals surface area contributed by atoms with Crippen LogP contribution in [0.25, 0.3) is 5.69 Å². The van der Waals surface area contributed by atoms with Gasteiger partial charge in [0.1, 0.15) is 0 Å². The SMILES string of the molecule is CC(N)CSCc1nnnn1-c1ccccc1. The van der Waals surface area contributed by atoms with Crippen molar-refractivity contribution < 1.29 is 0 Å². The van der Waals surface area contributed by atoms with E-state index in [1.165, 1.54) is 0 Å². The molecule has 6 heteroatoms. The summed E-state index contributed by atoms with van der Waals surface area (Å²) in [7, 11) is 0. The van der Waals surface area contributed by atoms with Crippen LogP contribution in [0.15, 0.2) is 30.3 Å². The molecule has 0 saturated carbocycles. The predicted octanol–water partition coefficient (Wildman–Crippen LogP) is 1.24. The zero-order valence-corrected chi connectivity index (χ0v) is 10.5. The molecule has 1 aromatic heterocycles. The zero-order chi connectivity index (χ0) is 12.1. The van der Waals surface area contributed by atoms with Gasteiger partial charge in [0, 0.05) is 11.8 Å². The summed E-state index contributed by atoms with van der Waals surface area (Å²) in [5, 5.41) is 11.7. The molecule has 1 unspecified atom stereocenters. The van der Waals surface area contributed by atoms with Gasteiger partial charge in [-0.3, -0.25) is 0 Å². The number of aromatic nitrogens is 4. The molecular weight excluding hydrogens is 234 g/mol. The van der Waals surface area contributed by atoms with Crippen LogP contribution in [0.3, 0.4) is 0 Å². The van der Waals surface area contributed by atoms with Crippen molar-refractivity contribution in [1.82, 2.24) is 20.2 Å². The molecule has 0 aliphatic carbocycles. The van der Waals surface area contributed by atoms with E-state index in [0.717, 1.165) is 23.0 Å². The van der Waals surface area contributed by atoms with Gasteiger partial charge in [-0.1, -0.05) is 18.2 Å². The number of benzene rings is 1. The topological polar surface area (TPSA) is 69.6 Å². The van der Waals surface area contributed by atoms with Gasteiger partial charge in [-0.25, -0.2) is 0 Å². The Kier molecular flexibility index (Phi) is 4.11. The van der Waals surface area contributed by atoms with E-state index in [1.54, 1.807) is 16.4 Å². The Bertz CT molecular complexity index is 454. The van der Waals surface area contributed by atoms with Gasteiger partial charge in [-0.05, 0) is 29.5 Å². The van der Waals surface area contributed by atoms with Crippen molar-refractivity contribution in [1.29, 1.82) is 0 Å². The van der Waals surface area contributed by atoms with E-state index in [4.69, 9.17) is 5.73 Å². The lowest BCUT2D eigenvalue weighted by atomic mass is 10.3. The van der Waals surface area contributed by atoms with Crippen LogP contribution >= 0.6 is 11.8 Å². The second kappa shape index (κ2) is 5.79. The van der Waals surface area contributed by atoms with Crippen molar-refractivity contribution in [2.75, 3.05) is 5.75 Å². The normalized spacial score (nSPS) is 12.6. The second-order valence-electron chi connectivity index (χ2n) is 3.83. The van der Waals surface area contributed by atoms with E-state index in [1.807, 2.05) is 37.3 Å². The highest BCUT2D eigenvalue weighted by Gasteiger charge is 2.07. The maximum Gasteiger partial charge on any atom is 0.166 e. The largest absolute Gasteiger partial charge is 0.327 e. The van der Waals surface area contributed by atoms with Crippen molar-refractivity contribution in [3.05, 3.63) is 36.2 Å². The Hall–Kier alpha value is -1.40. The summed E-state index contributed by atoms with van der Waals surface area (Å²) in [4.78, 5) is 0. The smallest absolute Gasteiger partial charge is 0.166 e. The molecule has 0 amide bonds. The first-order valence-electron chi connectivity index (χ1n) is 5.43. The lowest BCUT2D eigenvalue weighted by Gasteiger charge is -2.05. The van der Waals surface area contributed by atoms with Crippen LogP contribution < -0.4 is 5.73 Å². The fourth-order valence-electron chi connectivity index (χ4n) is 1.40. The first kappa shape index (κ1) is 12.1. The number of hydrogen-bond donors (Lipinski definition) is 1. The van der Waals surface area contributed by atoms with Gasteiger partial charge in [-0.15, -0.1) is 5.10 Å². The van der Waals surface area contributed by atoms with Gasteiger partial charge in [0.2, 0.25) is 0 Å². The lowest BCUT2D eigenvalue weighted by Crippen LogP contribution is -2.17. The summed E-state index contributed by atoms with van der Waals surface area (Å²) in [6, 6.07) is 10.1. The summed E-state index contributed by atoms with van der Waals surface area (Å²) in [5.41, 5.74) is 6.68. The van der Waals surface area contributed by atoms with Crippen molar-refractivity contribution >= 4 is 11.8 Å². The third-order valence-corrected chi connectivity index (χ3v) is 3.37. The van der Waals surface area contributed by atoms with Gasteiger partial charge < -0.3 is 5.73 Å². The van der Waals surface area contributed by atoms with E-state index in [9.17, 15) is 0 Å². The van der Waals surface area contributed by atoms with Crippen LogP contribution in [-0.4, -0.2) is 32.0 Å². The van der Waals surface area contributed by atoms with Crippen LogP contribution in [-0.2, 0) is 5.75 Å². The maximum atomic E-state index is 5.70. The number of para-hydroxylation sites is 1. The Morgan fingerprint density at radius 1 is 1.35 bits per heavy atom. The summed E-state index contributed by atoms with van der Waals surface area (Å²) in [6.45, 7) is 1.99. The Labute approximate surface area is 104 Å². The van der Waals surface area contributed by atoms with Crippen LogP contribution in [0.5, 0.6) is 0 Å². The average Bonchev–Trinajstić information content (AvgIpc) is 2.78. The molecule has 2 aromatic rings. The molecule has 90 valence electrons. The quantitative estimate of drug-likeness (QED) is 0.863. The standard InChI is InChI=1S/C11H15N5S/c1-9(12)7-17-8-11-13-14-15-16(11)10-5-3-2-4-6-10/h2-6,9H,7-8,12H2,1H3. The summed E-state index contributed by atoms with van der Waals surface area (Å²) in [5.74, 6) is 2.52. The summed E-state index contributed by atoms with van der Waals surface area (Å²) in [6.07, 6.45) is 0. The molecule has 1 aromatic carbocycles. The molecule has 17 heavy (non-hydrogen) atoms. The van der Waals surface area contributed by atoms with Crippen molar-refractivity contribution in [3.8, 4) is 5.69 Å². The number of rotatable bonds is 5. The molecule has 2 rings (SSSR count). The highest BCUT2D eigenvalue weighted by atomic mass is 32.2. The van der Waals surface area contributed by atoms with Gasteiger partial charge in [0.05, 0.1) is 11.4 Å². The maximum absolute atomic E-state index is 5.70. The molecule has 5 nitrogen and oxygen atoms in total. The third-order valence-electron chi connectivity index (χ3n) is 2.15. The molecule has 1 atom stereocenters. The van der Waals surface area contributed by atoms with Crippen LogP contribution in [0.2, 0.25) is 0 Å². The zero-order valence-electron chi connectivity index (χ0n) is 9.65. The van der Waals surface area contributed by atoms with Gasteiger partial charge in [0.25, 0.3) is 0 Å². The monoisotopic (exact) mass is 249 g/mol. The minimum atomic E-state index is 0.195. The third kappa shape index (κ3) is 3.28. The number of nitrogens with two attached hydrogens (primary N) is 1. The second-order valence-corrected chi connectivity index (χ2v) is 4.87. The fraction of sp³-hybridized carbons (Fsp3) is 0.364. The predicted molar refractivity (Wildman–Crippen MR) is 69.0 cm³/mol. The van der Waals surface area contributed by atoms with E-state index < -0.39 is 0 Å². The van der Waals surface area contributed by atoms with E-state index in [-0.39, 0.29) is 6.04 Å². The van der Waals surface area contributed by atoms with E-state index >= 15 is 0 Å². The van der Waals surface area contributed by atoms with Crippen molar-refractivity contribution in [2.24, 2.45) is 5.73 Å². The van der Waals surface area contributed by atoms with Crippen LogP contribution in [0, 0.1) is 0 Å². The number of tetrazole rings is 1. The minimum Gasteiger partial charge on any atom is -0.327 e. The number of thioether (sulfide) groups is 1. The van der Waals surface area contributed by atoms with Crippen molar-refractivity contribution in [2.45, 2.75) is 18.7 Å². The molecular formula is C11H15N5S. The summed E-state index contributed by atoms with van der Waals surface area (Å²) >= 11 is 1.74. The number of nitrogens with zero attached hydrogens (tertiary/aromatic N) is 4. The number of hydrogen-bond acceptors (Lipinski definition) is 5.